The number of carboxylic acid groups (broad SMARTS) is 1. The SMILES string of the molecule is CCC(CC)CC1(C(=O)O)CCOC1. The summed E-state index contributed by atoms with van der Waals surface area (Å²) in [6.07, 6.45) is 3.57. The molecule has 1 rings (SSSR count). The molecule has 1 aliphatic rings. The van der Waals surface area contributed by atoms with Crippen molar-refractivity contribution in [3.05, 3.63) is 0 Å². The monoisotopic (exact) mass is 200 g/mol. The van der Waals surface area contributed by atoms with Gasteiger partial charge < -0.3 is 9.84 Å². The zero-order chi connectivity index (χ0) is 10.6. The maximum Gasteiger partial charge on any atom is 0.312 e. The van der Waals surface area contributed by atoms with Gasteiger partial charge in [0.05, 0.1) is 12.0 Å². The van der Waals surface area contributed by atoms with Crippen molar-refractivity contribution in [1.29, 1.82) is 0 Å². The van der Waals surface area contributed by atoms with E-state index >= 15 is 0 Å². The Morgan fingerprint density at radius 2 is 2.14 bits per heavy atom. The molecular weight excluding hydrogens is 180 g/mol. The summed E-state index contributed by atoms with van der Waals surface area (Å²) in [6, 6.07) is 0. The van der Waals surface area contributed by atoms with Gasteiger partial charge in [0.1, 0.15) is 0 Å². The molecule has 0 aliphatic carbocycles. The second-order valence-corrected chi connectivity index (χ2v) is 4.27. The van der Waals surface area contributed by atoms with Crippen LogP contribution in [0.1, 0.15) is 39.5 Å². The van der Waals surface area contributed by atoms with Crippen molar-refractivity contribution in [2.75, 3.05) is 13.2 Å². The number of carboxylic acids is 1. The lowest BCUT2D eigenvalue weighted by Gasteiger charge is -2.26. The summed E-state index contributed by atoms with van der Waals surface area (Å²) >= 11 is 0. The third kappa shape index (κ3) is 2.27. The van der Waals surface area contributed by atoms with Crippen LogP contribution >= 0.6 is 0 Å². The van der Waals surface area contributed by atoms with Crippen molar-refractivity contribution in [3.8, 4) is 0 Å². The zero-order valence-electron chi connectivity index (χ0n) is 9.08. The Bertz CT molecular complexity index is 191. The van der Waals surface area contributed by atoms with E-state index in [1.54, 1.807) is 0 Å². The molecule has 1 atom stereocenters. The molecule has 0 aromatic heterocycles. The molecule has 1 saturated heterocycles. The Morgan fingerprint density at radius 3 is 2.50 bits per heavy atom. The molecule has 1 unspecified atom stereocenters. The Kier molecular flexibility index (Phi) is 3.93. The van der Waals surface area contributed by atoms with Gasteiger partial charge in [0.25, 0.3) is 0 Å². The van der Waals surface area contributed by atoms with Gasteiger partial charge in [-0.3, -0.25) is 4.79 Å². The molecule has 0 aromatic rings. The third-order valence-corrected chi connectivity index (χ3v) is 3.39. The Hall–Kier alpha value is -0.570. The molecular formula is C11H20O3. The highest BCUT2D eigenvalue weighted by molar-refractivity contribution is 5.75. The average Bonchev–Trinajstić information content (AvgIpc) is 2.64. The molecule has 1 fully saturated rings. The number of ether oxygens (including phenoxy) is 1. The topological polar surface area (TPSA) is 46.5 Å². The average molecular weight is 200 g/mol. The van der Waals surface area contributed by atoms with E-state index in [2.05, 4.69) is 13.8 Å². The van der Waals surface area contributed by atoms with Crippen LogP contribution in [0.4, 0.5) is 0 Å². The smallest absolute Gasteiger partial charge is 0.312 e. The molecule has 1 heterocycles. The molecule has 3 nitrogen and oxygen atoms in total. The maximum absolute atomic E-state index is 11.2. The lowest BCUT2D eigenvalue weighted by atomic mass is 9.77. The van der Waals surface area contributed by atoms with E-state index in [1.807, 2.05) is 0 Å². The van der Waals surface area contributed by atoms with Crippen LogP contribution in [0.2, 0.25) is 0 Å². The largest absolute Gasteiger partial charge is 0.481 e. The minimum atomic E-state index is -0.679. The fourth-order valence-corrected chi connectivity index (χ4v) is 2.15. The fraction of sp³-hybridized carbons (Fsp3) is 0.909. The molecule has 1 N–H and O–H groups in total. The summed E-state index contributed by atoms with van der Waals surface area (Å²) in [4.78, 5) is 11.2. The minimum absolute atomic E-state index is 0.402. The van der Waals surface area contributed by atoms with Gasteiger partial charge in [-0.15, -0.1) is 0 Å². The van der Waals surface area contributed by atoms with Crippen LogP contribution in [0, 0.1) is 11.3 Å². The van der Waals surface area contributed by atoms with Crippen molar-refractivity contribution in [3.63, 3.8) is 0 Å². The number of hydrogen-bond donors (Lipinski definition) is 1. The first-order valence-corrected chi connectivity index (χ1v) is 5.45. The maximum atomic E-state index is 11.2. The molecule has 0 bridgehead atoms. The highest BCUT2D eigenvalue weighted by Gasteiger charge is 2.43. The summed E-state index contributed by atoms with van der Waals surface area (Å²) in [5.74, 6) is -0.158. The van der Waals surface area contributed by atoms with Crippen LogP contribution in [0.15, 0.2) is 0 Å². The molecule has 14 heavy (non-hydrogen) atoms. The number of carbonyl (C=O) groups is 1. The molecule has 0 radical (unpaired) electrons. The summed E-state index contributed by atoms with van der Waals surface area (Å²) in [5.41, 5.74) is -0.587. The fourth-order valence-electron chi connectivity index (χ4n) is 2.15. The van der Waals surface area contributed by atoms with Crippen LogP contribution in [-0.2, 0) is 9.53 Å². The van der Waals surface area contributed by atoms with Crippen molar-refractivity contribution in [2.45, 2.75) is 39.5 Å². The van der Waals surface area contributed by atoms with E-state index in [1.165, 1.54) is 0 Å². The Balaban J connectivity index is 2.64. The predicted octanol–water partition coefficient (Wildman–Crippen LogP) is 2.30. The van der Waals surface area contributed by atoms with Crippen LogP contribution < -0.4 is 0 Å². The van der Waals surface area contributed by atoms with Gasteiger partial charge in [0.2, 0.25) is 0 Å². The number of rotatable bonds is 5. The molecule has 3 heteroatoms. The molecule has 0 aromatic carbocycles. The highest BCUT2D eigenvalue weighted by atomic mass is 16.5. The van der Waals surface area contributed by atoms with Crippen LogP contribution in [0.25, 0.3) is 0 Å². The summed E-state index contributed by atoms with van der Waals surface area (Å²) in [5, 5.41) is 9.22. The quantitative estimate of drug-likeness (QED) is 0.740. The van der Waals surface area contributed by atoms with Crippen molar-refractivity contribution in [1.82, 2.24) is 0 Å². The normalized spacial score (nSPS) is 27.1. The van der Waals surface area contributed by atoms with Crippen molar-refractivity contribution in [2.24, 2.45) is 11.3 Å². The van der Waals surface area contributed by atoms with E-state index in [4.69, 9.17) is 4.74 Å². The lowest BCUT2D eigenvalue weighted by Crippen LogP contribution is -2.33. The van der Waals surface area contributed by atoms with E-state index < -0.39 is 11.4 Å². The number of aliphatic carboxylic acids is 1. The van der Waals surface area contributed by atoms with Crippen LogP contribution in [-0.4, -0.2) is 24.3 Å². The van der Waals surface area contributed by atoms with Crippen LogP contribution in [0.5, 0.6) is 0 Å². The summed E-state index contributed by atoms with van der Waals surface area (Å²) in [6.45, 7) is 5.25. The predicted molar refractivity (Wildman–Crippen MR) is 54.2 cm³/mol. The Morgan fingerprint density at radius 1 is 1.50 bits per heavy atom. The molecule has 0 spiro atoms. The molecule has 1 aliphatic heterocycles. The third-order valence-electron chi connectivity index (χ3n) is 3.39. The van der Waals surface area contributed by atoms with E-state index in [0.29, 0.717) is 25.6 Å². The summed E-state index contributed by atoms with van der Waals surface area (Å²) < 4.78 is 5.23. The Labute approximate surface area is 85.5 Å². The first-order valence-electron chi connectivity index (χ1n) is 5.45. The van der Waals surface area contributed by atoms with Gasteiger partial charge in [-0.05, 0) is 18.8 Å². The highest BCUT2D eigenvalue weighted by Crippen LogP contribution is 2.37. The molecule has 0 amide bonds. The second-order valence-electron chi connectivity index (χ2n) is 4.27. The first-order chi connectivity index (χ1) is 6.64. The van der Waals surface area contributed by atoms with E-state index in [-0.39, 0.29) is 0 Å². The molecule has 82 valence electrons. The van der Waals surface area contributed by atoms with Gasteiger partial charge in [-0.25, -0.2) is 0 Å². The summed E-state index contributed by atoms with van der Waals surface area (Å²) in [7, 11) is 0. The lowest BCUT2D eigenvalue weighted by molar-refractivity contribution is -0.150. The van der Waals surface area contributed by atoms with Gasteiger partial charge in [0, 0.05) is 6.61 Å². The van der Waals surface area contributed by atoms with E-state index in [0.717, 1.165) is 19.3 Å². The van der Waals surface area contributed by atoms with E-state index in [9.17, 15) is 9.90 Å². The van der Waals surface area contributed by atoms with Crippen molar-refractivity contribution < 1.29 is 14.6 Å². The zero-order valence-corrected chi connectivity index (χ0v) is 9.08. The minimum Gasteiger partial charge on any atom is -0.481 e. The van der Waals surface area contributed by atoms with Crippen LogP contribution in [0.3, 0.4) is 0 Å². The van der Waals surface area contributed by atoms with Gasteiger partial charge in [0.15, 0.2) is 0 Å². The first kappa shape index (κ1) is 11.5. The van der Waals surface area contributed by atoms with Gasteiger partial charge >= 0.3 is 5.97 Å². The van der Waals surface area contributed by atoms with Gasteiger partial charge in [-0.2, -0.15) is 0 Å². The standard InChI is InChI=1S/C11H20O3/c1-3-9(4-2)7-11(10(12)13)5-6-14-8-11/h9H,3-8H2,1-2H3,(H,12,13). The molecule has 0 saturated carbocycles. The number of hydrogen-bond acceptors (Lipinski definition) is 2. The second kappa shape index (κ2) is 4.78. The van der Waals surface area contributed by atoms with Crippen molar-refractivity contribution >= 4 is 5.97 Å². The van der Waals surface area contributed by atoms with Gasteiger partial charge in [-0.1, -0.05) is 26.7 Å².